The van der Waals surface area contributed by atoms with Gasteiger partial charge in [-0.15, -0.1) is 11.8 Å². The molecule has 0 spiro atoms. The van der Waals surface area contributed by atoms with E-state index in [0.717, 1.165) is 5.57 Å². The van der Waals surface area contributed by atoms with Crippen molar-refractivity contribution in [2.24, 2.45) is 5.41 Å². The maximum Gasteiger partial charge on any atom is 0.314 e. The van der Waals surface area contributed by atoms with Gasteiger partial charge in [-0.25, -0.2) is 0 Å². The van der Waals surface area contributed by atoms with Gasteiger partial charge in [-0.2, -0.15) is 0 Å². The molecule has 0 saturated heterocycles. The average molecular weight is 158 g/mol. The van der Waals surface area contributed by atoms with Crippen LogP contribution in [0, 0.1) is 5.41 Å². The van der Waals surface area contributed by atoms with Crippen molar-refractivity contribution in [2.45, 2.75) is 13.8 Å². The van der Waals surface area contributed by atoms with Crippen molar-refractivity contribution >= 4 is 17.7 Å². The van der Waals surface area contributed by atoms with E-state index in [1.54, 1.807) is 18.7 Å². The largest absolute Gasteiger partial charge is 0.481 e. The lowest BCUT2D eigenvalue weighted by Gasteiger charge is -2.18. The Hall–Kier alpha value is -0.440. The van der Waals surface area contributed by atoms with Gasteiger partial charge in [-0.1, -0.05) is 0 Å². The van der Waals surface area contributed by atoms with Crippen molar-refractivity contribution in [3.63, 3.8) is 0 Å². The number of hydrogen-bond acceptors (Lipinski definition) is 2. The summed E-state index contributed by atoms with van der Waals surface area (Å²) in [7, 11) is 0. The van der Waals surface area contributed by atoms with E-state index < -0.39 is 11.4 Å². The summed E-state index contributed by atoms with van der Waals surface area (Å²) >= 11 is 1.57. The second-order valence-electron chi connectivity index (χ2n) is 2.75. The molecule has 10 heavy (non-hydrogen) atoms. The van der Waals surface area contributed by atoms with Crippen molar-refractivity contribution in [1.82, 2.24) is 0 Å². The summed E-state index contributed by atoms with van der Waals surface area (Å²) in [4.78, 5) is 10.7. The minimum Gasteiger partial charge on any atom is -0.481 e. The molecule has 1 N–H and O–H groups in total. The zero-order valence-corrected chi connectivity index (χ0v) is 6.86. The van der Waals surface area contributed by atoms with Crippen LogP contribution in [0.1, 0.15) is 13.8 Å². The van der Waals surface area contributed by atoms with E-state index in [4.69, 9.17) is 5.11 Å². The highest BCUT2D eigenvalue weighted by Gasteiger charge is 2.37. The quantitative estimate of drug-likeness (QED) is 0.631. The molecule has 0 fully saturated rings. The van der Waals surface area contributed by atoms with E-state index in [-0.39, 0.29) is 0 Å². The van der Waals surface area contributed by atoms with Gasteiger partial charge in [0.25, 0.3) is 0 Å². The molecular formula is C7H10O2S. The average Bonchev–Trinajstić information content (AvgIpc) is 2.15. The summed E-state index contributed by atoms with van der Waals surface area (Å²) in [5, 5.41) is 10.7. The molecule has 2 nitrogen and oxygen atoms in total. The van der Waals surface area contributed by atoms with E-state index in [1.807, 2.05) is 12.3 Å². The van der Waals surface area contributed by atoms with Crippen molar-refractivity contribution in [3.05, 3.63) is 11.0 Å². The fraction of sp³-hybridized carbons (Fsp3) is 0.571. The molecule has 1 heterocycles. The number of rotatable bonds is 1. The van der Waals surface area contributed by atoms with E-state index in [0.29, 0.717) is 5.75 Å². The summed E-state index contributed by atoms with van der Waals surface area (Å²) in [5.74, 6) is -0.0417. The minimum atomic E-state index is -0.716. The molecule has 0 aliphatic carbocycles. The Morgan fingerprint density at radius 2 is 2.50 bits per heavy atom. The highest BCUT2D eigenvalue weighted by Crippen LogP contribution is 2.38. The van der Waals surface area contributed by atoms with Gasteiger partial charge in [0.1, 0.15) is 0 Å². The van der Waals surface area contributed by atoms with Crippen molar-refractivity contribution in [1.29, 1.82) is 0 Å². The Morgan fingerprint density at radius 3 is 2.70 bits per heavy atom. The second-order valence-corrected chi connectivity index (χ2v) is 3.61. The van der Waals surface area contributed by atoms with Gasteiger partial charge >= 0.3 is 5.97 Å². The van der Waals surface area contributed by atoms with E-state index in [9.17, 15) is 4.79 Å². The summed E-state index contributed by atoms with van der Waals surface area (Å²) in [6.45, 7) is 3.63. The second kappa shape index (κ2) is 2.31. The smallest absolute Gasteiger partial charge is 0.314 e. The first-order valence-electron chi connectivity index (χ1n) is 3.09. The van der Waals surface area contributed by atoms with Crippen molar-refractivity contribution in [3.8, 4) is 0 Å². The lowest BCUT2D eigenvalue weighted by atomic mass is 9.86. The fourth-order valence-corrected chi connectivity index (χ4v) is 2.09. The van der Waals surface area contributed by atoms with Crippen LogP contribution >= 0.6 is 11.8 Å². The van der Waals surface area contributed by atoms with Crippen LogP contribution in [-0.4, -0.2) is 16.8 Å². The summed E-state index contributed by atoms with van der Waals surface area (Å²) in [5.41, 5.74) is 0.356. The number of hydrogen-bond donors (Lipinski definition) is 1. The van der Waals surface area contributed by atoms with Crippen LogP contribution in [0.15, 0.2) is 11.0 Å². The first kappa shape index (κ1) is 7.66. The van der Waals surface area contributed by atoms with Crippen molar-refractivity contribution < 1.29 is 9.90 Å². The number of carbonyl (C=O) groups is 1. The molecule has 0 bridgehead atoms. The molecule has 0 amide bonds. The Kier molecular flexibility index (Phi) is 1.77. The molecule has 1 atom stereocenters. The first-order valence-corrected chi connectivity index (χ1v) is 4.14. The topological polar surface area (TPSA) is 37.3 Å². The van der Waals surface area contributed by atoms with Gasteiger partial charge in [-0.3, -0.25) is 4.79 Å². The van der Waals surface area contributed by atoms with Gasteiger partial charge in [0, 0.05) is 5.75 Å². The van der Waals surface area contributed by atoms with E-state index >= 15 is 0 Å². The van der Waals surface area contributed by atoms with Gasteiger partial charge in [0.15, 0.2) is 0 Å². The van der Waals surface area contributed by atoms with Crippen LogP contribution in [0.2, 0.25) is 0 Å². The third kappa shape index (κ3) is 0.944. The van der Waals surface area contributed by atoms with Crippen LogP contribution in [0.3, 0.4) is 0 Å². The lowest BCUT2D eigenvalue weighted by Crippen LogP contribution is -2.28. The number of thioether (sulfide) groups is 1. The summed E-state index contributed by atoms with van der Waals surface area (Å²) < 4.78 is 0. The predicted octanol–water partition coefficient (Wildman–Crippen LogP) is 1.73. The Morgan fingerprint density at radius 1 is 1.90 bits per heavy atom. The number of carboxylic acids is 1. The zero-order chi connectivity index (χ0) is 7.78. The molecule has 0 radical (unpaired) electrons. The standard InChI is InChI=1S/C7H10O2S/c1-5-3-10-4-7(5,2)6(8)9/h3H,4H2,1-2H3,(H,8,9). The van der Waals surface area contributed by atoms with Gasteiger partial charge in [-0.05, 0) is 24.8 Å². The van der Waals surface area contributed by atoms with Crippen molar-refractivity contribution in [2.75, 3.05) is 5.75 Å². The summed E-state index contributed by atoms with van der Waals surface area (Å²) in [6, 6.07) is 0. The highest BCUT2D eigenvalue weighted by molar-refractivity contribution is 8.02. The molecule has 3 heteroatoms. The Labute approximate surface area is 64.3 Å². The first-order chi connectivity index (χ1) is 4.57. The molecule has 1 aliphatic rings. The third-order valence-electron chi connectivity index (χ3n) is 1.97. The van der Waals surface area contributed by atoms with E-state index in [2.05, 4.69) is 0 Å². The van der Waals surface area contributed by atoms with Crippen LogP contribution < -0.4 is 0 Å². The summed E-state index contributed by atoms with van der Waals surface area (Å²) in [6.07, 6.45) is 0. The maximum atomic E-state index is 10.7. The molecule has 56 valence electrons. The van der Waals surface area contributed by atoms with Crippen LogP contribution in [-0.2, 0) is 4.79 Å². The minimum absolute atomic E-state index is 0.606. The molecule has 1 unspecified atom stereocenters. The normalized spacial score (nSPS) is 32.0. The SMILES string of the molecule is CC1=CSCC1(C)C(=O)O. The molecule has 0 aromatic carbocycles. The van der Waals surface area contributed by atoms with Crippen LogP contribution in [0.25, 0.3) is 0 Å². The monoisotopic (exact) mass is 158 g/mol. The molecule has 0 aromatic heterocycles. The zero-order valence-electron chi connectivity index (χ0n) is 6.05. The Bertz CT molecular complexity index is 198. The molecule has 1 aliphatic heterocycles. The molecule has 1 rings (SSSR count). The third-order valence-corrected chi connectivity index (χ3v) is 3.24. The fourth-order valence-electron chi connectivity index (χ4n) is 0.808. The lowest BCUT2D eigenvalue weighted by molar-refractivity contribution is -0.144. The highest BCUT2D eigenvalue weighted by atomic mass is 32.2. The van der Waals surface area contributed by atoms with E-state index in [1.165, 1.54) is 0 Å². The molecule has 0 saturated carbocycles. The van der Waals surface area contributed by atoms with Gasteiger partial charge in [0.05, 0.1) is 5.41 Å². The van der Waals surface area contributed by atoms with Gasteiger partial charge in [0.2, 0.25) is 0 Å². The molecule has 0 aromatic rings. The van der Waals surface area contributed by atoms with Gasteiger partial charge < -0.3 is 5.11 Å². The van der Waals surface area contributed by atoms with Crippen LogP contribution in [0.5, 0.6) is 0 Å². The maximum absolute atomic E-state index is 10.7. The predicted molar refractivity (Wildman–Crippen MR) is 42.0 cm³/mol. The number of carboxylic acid groups (broad SMARTS) is 1. The molecular weight excluding hydrogens is 148 g/mol. The Balaban J connectivity index is 2.89. The van der Waals surface area contributed by atoms with Crippen LogP contribution in [0.4, 0.5) is 0 Å². The number of aliphatic carboxylic acids is 1.